The van der Waals surface area contributed by atoms with Gasteiger partial charge in [-0.1, -0.05) is 6.07 Å². The van der Waals surface area contributed by atoms with E-state index in [1.54, 1.807) is 0 Å². The molecule has 2 aromatic rings. The van der Waals surface area contributed by atoms with Crippen LogP contribution < -0.4 is 5.73 Å². The van der Waals surface area contributed by atoms with E-state index in [0.29, 0.717) is 13.1 Å². The van der Waals surface area contributed by atoms with E-state index < -0.39 is 0 Å². The Morgan fingerprint density at radius 3 is 2.56 bits per heavy atom. The molecule has 1 amide bonds. The molecule has 4 nitrogen and oxygen atoms in total. The van der Waals surface area contributed by atoms with Crippen molar-refractivity contribution in [1.29, 1.82) is 0 Å². The molecule has 2 heterocycles. The molecule has 134 valence electrons. The van der Waals surface area contributed by atoms with Gasteiger partial charge in [-0.3, -0.25) is 4.79 Å². The summed E-state index contributed by atoms with van der Waals surface area (Å²) in [4.78, 5) is 14.6. The second kappa shape index (κ2) is 6.68. The minimum Gasteiger partial charge on any atom is -0.466 e. The van der Waals surface area contributed by atoms with Crippen LogP contribution in [0.4, 0.5) is 0 Å². The van der Waals surface area contributed by atoms with Crippen molar-refractivity contribution in [2.45, 2.75) is 59.0 Å². The molecule has 1 aromatic heterocycles. The molecule has 0 saturated carbocycles. The fraction of sp³-hybridized carbons (Fsp3) is 0.476. The molecule has 3 rings (SSSR count). The Bertz CT molecular complexity index is 789. The highest BCUT2D eigenvalue weighted by Crippen LogP contribution is 2.27. The number of fused-ring (bicyclic) bond motifs is 1. The lowest BCUT2D eigenvalue weighted by Gasteiger charge is -2.27. The number of carbonyl (C=O) groups excluding carboxylic acids is 1. The molecule has 0 saturated heterocycles. The highest BCUT2D eigenvalue weighted by atomic mass is 16.3. The Morgan fingerprint density at radius 1 is 1.16 bits per heavy atom. The van der Waals surface area contributed by atoms with Gasteiger partial charge in [0.05, 0.1) is 0 Å². The third-order valence-electron chi connectivity index (χ3n) is 5.29. The van der Waals surface area contributed by atoms with Crippen LogP contribution >= 0.6 is 0 Å². The van der Waals surface area contributed by atoms with E-state index in [9.17, 15) is 4.79 Å². The zero-order chi connectivity index (χ0) is 18.2. The Hall–Kier alpha value is -2.07. The molecular weight excluding hydrogens is 312 g/mol. The number of hydrogen-bond acceptors (Lipinski definition) is 3. The Labute approximate surface area is 150 Å². The molecule has 1 unspecified atom stereocenters. The minimum atomic E-state index is -0.318. The molecule has 2 N–H and O–H groups in total. The summed E-state index contributed by atoms with van der Waals surface area (Å²) in [5, 5.41) is 0. The van der Waals surface area contributed by atoms with E-state index in [-0.39, 0.29) is 11.4 Å². The third-order valence-corrected chi connectivity index (χ3v) is 5.29. The fourth-order valence-electron chi connectivity index (χ4n) is 3.38. The van der Waals surface area contributed by atoms with E-state index in [1.165, 1.54) is 11.1 Å². The van der Waals surface area contributed by atoms with Crippen LogP contribution in [-0.2, 0) is 13.0 Å². The predicted octanol–water partition coefficient (Wildman–Crippen LogP) is 3.90. The summed E-state index contributed by atoms with van der Waals surface area (Å²) in [5.74, 6) is 2.04. The van der Waals surface area contributed by atoms with Crippen LogP contribution in [0.5, 0.6) is 0 Å². The summed E-state index contributed by atoms with van der Waals surface area (Å²) >= 11 is 0. The zero-order valence-corrected chi connectivity index (χ0v) is 15.7. The van der Waals surface area contributed by atoms with Crippen molar-refractivity contribution >= 4 is 5.91 Å². The zero-order valence-electron chi connectivity index (χ0n) is 15.7. The number of nitrogens with two attached hydrogens (primary N) is 1. The summed E-state index contributed by atoms with van der Waals surface area (Å²) in [5.41, 5.74) is 10.6. The Morgan fingerprint density at radius 2 is 1.88 bits per heavy atom. The third kappa shape index (κ3) is 3.96. The number of benzene rings is 1. The summed E-state index contributed by atoms with van der Waals surface area (Å²) in [6, 6.07) is 8.15. The quantitative estimate of drug-likeness (QED) is 0.867. The molecular formula is C21H28N2O2. The number of furan rings is 1. The molecule has 0 radical (unpaired) electrons. The van der Waals surface area contributed by atoms with Crippen LogP contribution in [0.2, 0.25) is 0 Å². The predicted molar refractivity (Wildman–Crippen MR) is 99.6 cm³/mol. The van der Waals surface area contributed by atoms with Crippen LogP contribution in [0.25, 0.3) is 0 Å². The largest absolute Gasteiger partial charge is 0.466 e. The highest BCUT2D eigenvalue weighted by Gasteiger charge is 2.29. The van der Waals surface area contributed by atoms with E-state index in [4.69, 9.17) is 10.2 Å². The van der Waals surface area contributed by atoms with Crippen molar-refractivity contribution in [2.24, 2.45) is 5.73 Å². The van der Waals surface area contributed by atoms with E-state index >= 15 is 0 Å². The molecule has 0 aliphatic carbocycles. The van der Waals surface area contributed by atoms with Crippen LogP contribution in [0, 0.1) is 20.8 Å². The molecule has 0 fully saturated rings. The monoisotopic (exact) mass is 340 g/mol. The van der Waals surface area contributed by atoms with E-state index in [0.717, 1.165) is 41.9 Å². The maximum Gasteiger partial charge on any atom is 0.254 e. The first kappa shape index (κ1) is 17.7. The maximum absolute atomic E-state index is 12.6. The summed E-state index contributed by atoms with van der Waals surface area (Å²) in [6.07, 6.45) is 2.45. The molecule has 0 spiro atoms. The number of hydrogen-bond donors (Lipinski definition) is 1. The van der Waals surface area contributed by atoms with Crippen molar-refractivity contribution in [3.8, 4) is 0 Å². The molecule has 1 aliphatic rings. The number of amides is 1. The van der Waals surface area contributed by atoms with Gasteiger partial charge in [0.25, 0.3) is 5.91 Å². The van der Waals surface area contributed by atoms with E-state index in [2.05, 4.69) is 26.8 Å². The SMILES string of the molecule is Cc1ccc(CCC(C)(N)CCN2Cc3cc(C)c(C)cc3C2=O)o1. The average Bonchev–Trinajstić information content (AvgIpc) is 3.09. The average molecular weight is 340 g/mol. The van der Waals surface area contributed by atoms with Gasteiger partial charge in [0, 0.05) is 30.6 Å². The fourth-order valence-corrected chi connectivity index (χ4v) is 3.38. The molecule has 0 bridgehead atoms. The summed E-state index contributed by atoms with van der Waals surface area (Å²) in [7, 11) is 0. The Kier molecular flexibility index (Phi) is 4.74. The summed E-state index contributed by atoms with van der Waals surface area (Å²) in [6.45, 7) is 9.55. The van der Waals surface area contributed by atoms with Crippen molar-refractivity contribution in [1.82, 2.24) is 4.90 Å². The van der Waals surface area contributed by atoms with Crippen LogP contribution in [0.1, 0.15) is 58.3 Å². The number of aryl methyl sites for hydroxylation is 4. The smallest absolute Gasteiger partial charge is 0.254 e. The topological polar surface area (TPSA) is 59.5 Å². The van der Waals surface area contributed by atoms with Crippen LogP contribution in [0.3, 0.4) is 0 Å². The first-order valence-corrected chi connectivity index (χ1v) is 8.99. The molecule has 1 aromatic carbocycles. The van der Waals surface area contributed by atoms with Gasteiger partial charge in [-0.25, -0.2) is 0 Å². The lowest BCUT2D eigenvalue weighted by Crippen LogP contribution is -2.40. The lowest BCUT2D eigenvalue weighted by atomic mass is 9.92. The first-order valence-electron chi connectivity index (χ1n) is 8.99. The number of carbonyl (C=O) groups is 1. The first-order chi connectivity index (χ1) is 11.7. The van der Waals surface area contributed by atoms with Gasteiger partial charge in [0.15, 0.2) is 0 Å². The van der Waals surface area contributed by atoms with Crippen molar-refractivity contribution < 1.29 is 9.21 Å². The van der Waals surface area contributed by atoms with Gasteiger partial charge >= 0.3 is 0 Å². The van der Waals surface area contributed by atoms with Crippen LogP contribution in [0.15, 0.2) is 28.7 Å². The van der Waals surface area contributed by atoms with Crippen LogP contribution in [-0.4, -0.2) is 22.9 Å². The van der Waals surface area contributed by atoms with Gasteiger partial charge in [-0.2, -0.15) is 0 Å². The molecule has 4 heteroatoms. The second-order valence-electron chi connectivity index (χ2n) is 7.74. The molecule has 25 heavy (non-hydrogen) atoms. The summed E-state index contributed by atoms with van der Waals surface area (Å²) < 4.78 is 5.62. The van der Waals surface area contributed by atoms with Gasteiger partial charge in [0.1, 0.15) is 11.5 Å². The minimum absolute atomic E-state index is 0.135. The van der Waals surface area contributed by atoms with Gasteiger partial charge in [-0.15, -0.1) is 0 Å². The lowest BCUT2D eigenvalue weighted by molar-refractivity contribution is 0.0766. The van der Waals surface area contributed by atoms with E-state index in [1.807, 2.05) is 30.0 Å². The standard InChI is InChI=1S/C21H28N2O2/c1-14-11-17-13-23(20(24)19(17)12-15(14)2)10-9-21(4,22)8-7-18-6-5-16(3)25-18/h5-6,11-12H,7-10,13,22H2,1-4H3. The van der Waals surface area contributed by atoms with Crippen molar-refractivity contribution in [2.75, 3.05) is 6.54 Å². The Balaban J connectivity index is 1.57. The van der Waals surface area contributed by atoms with Gasteiger partial charge in [0.2, 0.25) is 0 Å². The molecule has 1 aliphatic heterocycles. The van der Waals surface area contributed by atoms with Crippen molar-refractivity contribution in [3.05, 3.63) is 58.0 Å². The highest BCUT2D eigenvalue weighted by molar-refractivity contribution is 5.98. The van der Waals surface area contributed by atoms with Gasteiger partial charge < -0.3 is 15.1 Å². The van der Waals surface area contributed by atoms with Crippen molar-refractivity contribution in [3.63, 3.8) is 0 Å². The number of rotatable bonds is 6. The maximum atomic E-state index is 12.6. The molecule has 1 atom stereocenters. The normalized spacial score (nSPS) is 16.2. The van der Waals surface area contributed by atoms with Gasteiger partial charge in [-0.05, 0) is 75.4 Å². The second-order valence-corrected chi connectivity index (χ2v) is 7.74. The number of nitrogens with zero attached hydrogens (tertiary/aromatic N) is 1.